The SMILES string of the molecule is CCCCCn1c(=O)c2c(n(CCc3ccc(F)cc3F)c1=O)N(N1c3c(c(=O)n(CCC)c(=O)n3CCc3cccc([N+](=O)[O-])c3)N(CCN(CC)CCO)C1Cc1ccccc1)C(Cc1ccccc1)N2CCN(CC)CCO. The topological polar surface area (TPSA) is 191 Å². The van der Waals surface area contributed by atoms with E-state index in [0.29, 0.717) is 57.7 Å². The number of unbranched alkanes of at least 4 members (excludes halogenated alkanes) is 2. The first-order valence-corrected chi connectivity index (χ1v) is 28.6. The molecule has 0 fully saturated rings. The number of halogens is 2. The summed E-state index contributed by atoms with van der Waals surface area (Å²) >= 11 is 0. The van der Waals surface area contributed by atoms with Crippen molar-refractivity contribution in [3.05, 3.63) is 189 Å². The lowest BCUT2D eigenvalue weighted by atomic mass is 10.1. The van der Waals surface area contributed by atoms with Gasteiger partial charge in [-0.2, -0.15) is 0 Å². The number of fused-ring (bicyclic) bond motifs is 2. The van der Waals surface area contributed by atoms with E-state index in [0.717, 1.165) is 36.1 Å². The van der Waals surface area contributed by atoms with Gasteiger partial charge in [0.25, 0.3) is 16.8 Å². The second-order valence-corrected chi connectivity index (χ2v) is 20.7. The first kappa shape index (κ1) is 59.7. The van der Waals surface area contributed by atoms with Gasteiger partial charge in [-0.15, -0.1) is 0 Å². The molecule has 8 rings (SSSR count). The van der Waals surface area contributed by atoms with Gasteiger partial charge in [0, 0.05) is 96.5 Å². The summed E-state index contributed by atoms with van der Waals surface area (Å²) in [4.78, 5) is 82.7. The van der Waals surface area contributed by atoms with Crippen LogP contribution in [-0.4, -0.2) is 121 Å². The number of nitrogens with zero attached hydrogens (tertiary/aromatic N) is 11. The van der Waals surface area contributed by atoms with Crippen molar-refractivity contribution in [3.63, 3.8) is 0 Å². The van der Waals surface area contributed by atoms with Crippen molar-refractivity contribution in [1.82, 2.24) is 28.1 Å². The van der Waals surface area contributed by atoms with Gasteiger partial charge in [-0.05, 0) is 67.1 Å². The van der Waals surface area contributed by atoms with Gasteiger partial charge in [0.2, 0.25) is 0 Å². The van der Waals surface area contributed by atoms with Crippen molar-refractivity contribution in [2.45, 2.75) is 118 Å². The fourth-order valence-electron chi connectivity index (χ4n) is 11.4. The molecule has 2 atom stereocenters. The number of aliphatic hydroxyl groups excluding tert-OH is 2. The molecule has 2 aliphatic heterocycles. The number of benzene rings is 4. The molecule has 0 bridgehead atoms. The molecule has 2 unspecified atom stereocenters. The molecule has 0 saturated heterocycles. The van der Waals surface area contributed by atoms with Crippen LogP contribution in [0, 0.1) is 21.7 Å². The minimum absolute atomic E-state index is 0.0591. The Morgan fingerprint density at radius 3 is 1.52 bits per heavy atom. The highest BCUT2D eigenvalue weighted by molar-refractivity contribution is 5.83. The van der Waals surface area contributed by atoms with Crippen LogP contribution >= 0.6 is 0 Å². The van der Waals surface area contributed by atoms with Gasteiger partial charge in [-0.3, -0.25) is 47.8 Å². The smallest absolute Gasteiger partial charge is 0.332 e. The predicted molar refractivity (Wildman–Crippen MR) is 313 cm³/mol. The summed E-state index contributed by atoms with van der Waals surface area (Å²) in [5, 5.41) is 36.4. The molecule has 6 aromatic rings. The number of rotatable bonds is 30. The summed E-state index contributed by atoms with van der Waals surface area (Å²) in [5.74, 6) is -1.22. The highest BCUT2D eigenvalue weighted by Gasteiger charge is 2.52. The molecule has 21 heteroatoms. The molecular formula is C60H77F2N11O8. The predicted octanol–water partition coefficient (Wildman–Crippen LogP) is 6.24. The molecule has 2 aromatic heterocycles. The van der Waals surface area contributed by atoms with Crippen molar-refractivity contribution in [2.24, 2.45) is 0 Å². The number of hydrogen-bond acceptors (Lipinski definition) is 14. The van der Waals surface area contributed by atoms with E-state index < -0.39 is 51.4 Å². The summed E-state index contributed by atoms with van der Waals surface area (Å²) in [5.41, 5.74) is 0.281. The maximum atomic E-state index is 15.9. The third-order valence-electron chi connectivity index (χ3n) is 15.6. The number of non-ortho nitro benzene ring substituents is 1. The second-order valence-electron chi connectivity index (χ2n) is 20.7. The van der Waals surface area contributed by atoms with Gasteiger partial charge in [0.05, 0.1) is 18.1 Å². The minimum atomic E-state index is -0.867. The first-order valence-electron chi connectivity index (χ1n) is 28.6. The van der Waals surface area contributed by atoms with Gasteiger partial charge in [0.15, 0.2) is 11.6 Å². The number of likely N-dealkylation sites (N-methyl/N-ethyl adjacent to an activating group) is 2. The Hall–Kier alpha value is -7.46. The van der Waals surface area contributed by atoms with Crippen molar-refractivity contribution in [3.8, 4) is 0 Å². The zero-order valence-electron chi connectivity index (χ0n) is 47.0. The van der Waals surface area contributed by atoms with E-state index in [-0.39, 0.29) is 112 Å². The quantitative estimate of drug-likeness (QED) is 0.0293. The van der Waals surface area contributed by atoms with Crippen molar-refractivity contribution in [1.29, 1.82) is 0 Å². The first-order chi connectivity index (χ1) is 39.3. The van der Waals surface area contributed by atoms with Gasteiger partial charge in [0.1, 0.15) is 35.3 Å². The number of nitro benzene ring substituents is 1. The standard InChI is InChI=1S/C60H77F2N11O8/c1-5-9-16-29-70-58(77)54-56(68(60(70)79)31-27-47-24-25-48(61)43-50(47)62)72(52(42-45-20-14-11-15-21-45)66(54)35-33-64(8-4)37-39-75)71-51(41-44-18-12-10-13-19-44)65(34-32-63(7-3)36-38-74)53-55(71)67(59(78)69(28-6-2)57(53)76)30-26-46-22-17-23-49(40-46)73(80)81/h10-15,17-25,40,43,51-52,74-75H,5-9,16,26-39,41-42H2,1-4H3. The van der Waals surface area contributed by atoms with E-state index in [2.05, 4.69) is 9.80 Å². The maximum absolute atomic E-state index is 15.9. The van der Waals surface area contributed by atoms with Crippen LogP contribution in [0.25, 0.3) is 0 Å². The van der Waals surface area contributed by atoms with E-state index in [9.17, 15) is 24.7 Å². The van der Waals surface area contributed by atoms with Gasteiger partial charge in [-0.1, -0.05) is 119 Å². The molecule has 0 radical (unpaired) electrons. The Balaban J connectivity index is 1.51. The number of aromatic nitrogens is 4. The molecule has 0 aliphatic carbocycles. The second kappa shape index (κ2) is 27.8. The number of hydrazine groups is 1. The number of anilines is 4. The van der Waals surface area contributed by atoms with Crippen LogP contribution in [0.2, 0.25) is 0 Å². The number of aryl methyl sites for hydroxylation is 2. The van der Waals surface area contributed by atoms with Crippen molar-refractivity contribution >= 4 is 28.7 Å². The van der Waals surface area contributed by atoms with Crippen molar-refractivity contribution in [2.75, 3.05) is 85.4 Å². The third kappa shape index (κ3) is 13.2. The molecule has 4 heterocycles. The summed E-state index contributed by atoms with van der Waals surface area (Å²) in [6.07, 6.45) is 1.24. The van der Waals surface area contributed by atoms with E-state index in [1.54, 1.807) is 16.7 Å². The van der Waals surface area contributed by atoms with Crippen LogP contribution in [-0.2, 0) is 51.9 Å². The maximum Gasteiger partial charge on any atom is 0.332 e. The Bertz CT molecular complexity index is 3340. The average molecular weight is 1120 g/mol. The van der Waals surface area contributed by atoms with Gasteiger partial charge in [-0.25, -0.2) is 28.4 Å². The monoisotopic (exact) mass is 1120 g/mol. The van der Waals surface area contributed by atoms with E-state index >= 15 is 23.6 Å². The molecule has 0 spiro atoms. The highest BCUT2D eigenvalue weighted by Crippen LogP contribution is 2.47. The van der Waals surface area contributed by atoms with Crippen LogP contribution in [0.15, 0.2) is 122 Å². The molecule has 434 valence electrons. The fourth-order valence-corrected chi connectivity index (χ4v) is 11.4. The van der Waals surface area contributed by atoms with Crippen LogP contribution < -0.4 is 42.3 Å². The largest absolute Gasteiger partial charge is 0.395 e. The zero-order chi connectivity index (χ0) is 57.7. The number of aliphatic hydroxyl groups is 2. The Kier molecular flexibility index (Phi) is 20.5. The Labute approximate surface area is 470 Å². The summed E-state index contributed by atoms with van der Waals surface area (Å²) < 4.78 is 35.9. The van der Waals surface area contributed by atoms with E-state index in [1.165, 1.54) is 31.9 Å². The van der Waals surface area contributed by atoms with Crippen LogP contribution in [0.4, 0.5) is 37.5 Å². The Morgan fingerprint density at radius 1 is 0.543 bits per heavy atom. The lowest BCUT2D eigenvalue weighted by Crippen LogP contribution is -2.61. The Morgan fingerprint density at radius 2 is 1.05 bits per heavy atom. The molecule has 0 amide bonds. The van der Waals surface area contributed by atoms with E-state index in [1.807, 2.05) is 108 Å². The molecule has 2 aliphatic rings. The molecule has 2 N–H and O–H groups in total. The molecule has 81 heavy (non-hydrogen) atoms. The van der Waals surface area contributed by atoms with E-state index in [4.69, 9.17) is 0 Å². The highest BCUT2D eigenvalue weighted by atomic mass is 19.1. The van der Waals surface area contributed by atoms with Gasteiger partial charge >= 0.3 is 11.4 Å². The van der Waals surface area contributed by atoms with Crippen molar-refractivity contribution < 1.29 is 23.9 Å². The van der Waals surface area contributed by atoms with Crippen LogP contribution in [0.1, 0.15) is 75.6 Å². The molecule has 0 saturated carbocycles. The van der Waals surface area contributed by atoms with Gasteiger partial charge < -0.3 is 20.0 Å². The zero-order valence-corrected chi connectivity index (χ0v) is 47.0. The number of hydrogen-bond donors (Lipinski definition) is 2. The summed E-state index contributed by atoms with van der Waals surface area (Å²) in [6, 6.07) is 28.9. The van der Waals surface area contributed by atoms with Crippen LogP contribution in [0.3, 0.4) is 0 Å². The minimum Gasteiger partial charge on any atom is -0.395 e. The lowest BCUT2D eigenvalue weighted by Gasteiger charge is -2.44. The summed E-state index contributed by atoms with van der Waals surface area (Å²) in [6.45, 7) is 10.5. The summed E-state index contributed by atoms with van der Waals surface area (Å²) in [7, 11) is 0. The third-order valence-corrected chi connectivity index (χ3v) is 15.6. The average Bonchev–Trinajstić information content (AvgIpc) is 2.65. The lowest BCUT2D eigenvalue weighted by molar-refractivity contribution is -0.384. The number of nitro groups is 1. The fraction of sp³-hybridized carbons (Fsp3) is 0.467. The molecular weight excluding hydrogens is 1040 g/mol. The van der Waals surface area contributed by atoms with Crippen LogP contribution in [0.5, 0.6) is 0 Å². The normalized spacial score (nSPS) is 14.9. The molecule has 4 aromatic carbocycles. The molecule has 19 nitrogen and oxygen atoms in total.